The van der Waals surface area contributed by atoms with Crippen LogP contribution in [0.5, 0.6) is 0 Å². The van der Waals surface area contributed by atoms with Gasteiger partial charge in [0.05, 0.1) is 4.92 Å². The lowest BCUT2D eigenvalue weighted by molar-refractivity contribution is -0.384. The molecule has 0 unspecified atom stereocenters. The Hall–Kier alpha value is -4.01. The van der Waals surface area contributed by atoms with Crippen LogP contribution in [0.25, 0.3) is 0 Å². The SMILES string of the molecule is CCn1nccc1C(=O)Nc1cccc(NC(=O)c2ccc([N+](=O)[O-])cc2)c1. The van der Waals surface area contributed by atoms with E-state index in [0.29, 0.717) is 23.6 Å². The van der Waals surface area contributed by atoms with Gasteiger partial charge < -0.3 is 10.6 Å². The highest BCUT2D eigenvalue weighted by atomic mass is 16.6. The van der Waals surface area contributed by atoms with Gasteiger partial charge in [-0.1, -0.05) is 6.07 Å². The molecule has 28 heavy (non-hydrogen) atoms. The van der Waals surface area contributed by atoms with Crippen LogP contribution < -0.4 is 10.6 Å². The summed E-state index contributed by atoms with van der Waals surface area (Å²) >= 11 is 0. The van der Waals surface area contributed by atoms with Gasteiger partial charge >= 0.3 is 0 Å². The lowest BCUT2D eigenvalue weighted by Crippen LogP contribution is -2.17. The quantitative estimate of drug-likeness (QED) is 0.503. The van der Waals surface area contributed by atoms with E-state index in [1.165, 1.54) is 24.3 Å². The number of hydrogen-bond donors (Lipinski definition) is 2. The van der Waals surface area contributed by atoms with Crippen molar-refractivity contribution in [2.75, 3.05) is 10.6 Å². The van der Waals surface area contributed by atoms with Crippen molar-refractivity contribution in [3.8, 4) is 0 Å². The van der Waals surface area contributed by atoms with Gasteiger partial charge in [0, 0.05) is 41.8 Å². The Morgan fingerprint density at radius 3 is 2.29 bits per heavy atom. The molecule has 142 valence electrons. The molecule has 2 amide bonds. The third-order valence-electron chi connectivity index (χ3n) is 3.97. The summed E-state index contributed by atoms with van der Waals surface area (Å²) in [4.78, 5) is 34.9. The summed E-state index contributed by atoms with van der Waals surface area (Å²) in [6, 6.07) is 13.6. The second-order valence-corrected chi connectivity index (χ2v) is 5.83. The minimum atomic E-state index is -0.529. The summed E-state index contributed by atoms with van der Waals surface area (Å²) in [6.07, 6.45) is 1.55. The van der Waals surface area contributed by atoms with Gasteiger partial charge in [0.25, 0.3) is 17.5 Å². The van der Waals surface area contributed by atoms with Gasteiger partial charge in [-0.15, -0.1) is 0 Å². The van der Waals surface area contributed by atoms with Gasteiger partial charge in [0.1, 0.15) is 5.69 Å². The Balaban J connectivity index is 1.70. The maximum Gasteiger partial charge on any atom is 0.273 e. The molecule has 0 bridgehead atoms. The van der Waals surface area contributed by atoms with E-state index in [1.807, 2.05) is 6.92 Å². The highest BCUT2D eigenvalue weighted by molar-refractivity contribution is 6.06. The number of carbonyl (C=O) groups is 2. The first kappa shape index (κ1) is 18.8. The fourth-order valence-corrected chi connectivity index (χ4v) is 2.59. The van der Waals surface area contributed by atoms with Gasteiger partial charge in [-0.2, -0.15) is 5.10 Å². The van der Waals surface area contributed by atoms with Gasteiger partial charge in [0.2, 0.25) is 0 Å². The fraction of sp³-hybridized carbons (Fsp3) is 0.105. The van der Waals surface area contributed by atoms with Crippen molar-refractivity contribution in [2.24, 2.45) is 0 Å². The summed E-state index contributed by atoms with van der Waals surface area (Å²) in [6.45, 7) is 2.46. The molecular weight excluding hydrogens is 362 g/mol. The number of non-ortho nitro benzene ring substituents is 1. The van der Waals surface area contributed by atoms with Crippen LogP contribution in [-0.4, -0.2) is 26.5 Å². The third-order valence-corrected chi connectivity index (χ3v) is 3.97. The van der Waals surface area contributed by atoms with Crippen LogP contribution >= 0.6 is 0 Å². The number of nitrogens with zero attached hydrogens (tertiary/aromatic N) is 3. The van der Waals surface area contributed by atoms with E-state index in [9.17, 15) is 19.7 Å². The number of aromatic nitrogens is 2. The molecular formula is C19H17N5O4. The van der Waals surface area contributed by atoms with Gasteiger partial charge in [-0.3, -0.25) is 24.4 Å². The molecule has 0 saturated heterocycles. The molecule has 0 aliphatic carbocycles. The van der Waals surface area contributed by atoms with Crippen molar-refractivity contribution in [2.45, 2.75) is 13.5 Å². The van der Waals surface area contributed by atoms with E-state index in [-0.39, 0.29) is 17.2 Å². The number of amides is 2. The van der Waals surface area contributed by atoms with E-state index in [1.54, 1.807) is 41.2 Å². The number of carbonyl (C=O) groups excluding carboxylic acids is 2. The number of anilines is 2. The van der Waals surface area contributed by atoms with Crippen molar-refractivity contribution in [3.63, 3.8) is 0 Å². The zero-order valence-electron chi connectivity index (χ0n) is 15.0. The number of rotatable bonds is 6. The Morgan fingerprint density at radius 1 is 1.04 bits per heavy atom. The Labute approximate surface area is 160 Å². The maximum atomic E-state index is 12.4. The van der Waals surface area contributed by atoms with Crippen LogP contribution in [0.3, 0.4) is 0 Å². The summed E-state index contributed by atoms with van der Waals surface area (Å²) in [5.74, 6) is -0.722. The van der Waals surface area contributed by atoms with E-state index < -0.39 is 10.8 Å². The number of benzene rings is 2. The first-order chi connectivity index (χ1) is 13.5. The molecule has 3 rings (SSSR count). The molecule has 2 aromatic carbocycles. The number of nitro groups is 1. The highest BCUT2D eigenvalue weighted by Crippen LogP contribution is 2.18. The van der Waals surface area contributed by atoms with Crippen LogP contribution in [0, 0.1) is 10.1 Å². The summed E-state index contributed by atoms with van der Waals surface area (Å²) in [5.41, 5.74) is 1.61. The smallest absolute Gasteiger partial charge is 0.273 e. The molecule has 2 N–H and O–H groups in total. The van der Waals surface area contributed by atoms with Crippen molar-refractivity contribution < 1.29 is 14.5 Å². The van der Waals surface area contributed by atoms with Crippen LogP contribution in [0.4, 0.5) is 17.1 Å². The number of aryl methyl sites for hydroxylation is 1. The highest BCUT2D eigenvalue weighted by Gasteiger charge is 2.13. The topological polar surface area (TPSA) is 119 Å². The lowest BCUT2D eigenvalue weighted by atomic mass is 10.2. The first-order valence-electron chi connectivity index (χ1n) is 8.47. The van der Waals surface area contributed by atoms with E-state index in [2.05, 4.69) is 15.7 Å². The molecule has 9 heteroatoms. The van der Waals surface area contributed by atoms with Gasteiger partial charge in [-0.25, -0.2) is 0 Å². The summed E-state index contributed by atoms with van der Waals surface area (Å²) in [5, 5.41) is 20.2. The summed E-state index contributed by atoms with van der Waals surface area (Å²) in [7, 11) is 0. The normalized spacial score (nSPS) is 10.3. The predicted molar refractivity (Wildman–Crippen MR) is 103 cm³/mol. The Bertz CT molecular complexity index is 1030. The van der Waals surface area contributed by atoms with Crippen LogP contribution in [0.1, 0.15) is 27.8 Å². The average Bonchev–Trinajstić information content (AvgIpc) is 3.17. The summed E-state index contributed by atoms with van der Waals surface area (Å²) < 4.78 is 1.58. The Morgan fingerprint density at radius 2 is 1.68 bits per heavy atom. The van der Waals surface area contributed by atoms with E-state index >= 15 is 0 Å². The van der Waals surface area contributed by atoms with Crippen molar-refractivity contribution in [3.05, 3.63) is 82.2 Å². The first-order valence-corrected chi connectivity index (χ1v) is 8.47. The third kappa shape index (κ3) is 4.21. The predicted octanol–water partition coefficient (Wildman–Crippen LogP) is 3.32. The molecule has 9 nitrogen and oxygen atoms in total. The molecule has 1 heterocycles. The van der Waals surface area contributed by atoms with Gasteiger partial charge in [0.15, 0.2) is 0 Å². The molecule has 1 aromatic heterocycles. The molecule has 0 fully saturated rings. The van der Waals surface area contributed by atoms with Gasteiger partial charge in [-0.05, 0) is 43.3 Å². The number of hydrogen-bond acceptors (Lipinski definition) is 5. The van der Waals surface area contributed by atoms with Crippen molar-refractivity contribution in [1.29, 1.82) is 0 Å². The Kier molecular flexibility index (Phi) is 5.45. The zero-order chi connectivity index (χ0) is 20.1. The number of nitro benzene ring substituents is 1. The minimum absolute atomic E-state index is 0.0902. The van der Waals surface area contributed by atoms with Crippen LogP contribution in [-0.2, 0) is 6.54 Å². The molecule has 3 aromatic rings. The molecule has 0 saturated carbocycles. The van der Waals surface area contributed by atoms with Crippen molar-refractivity contribution >= 4 is 28.9 Å². The molecule has 0 aliphatic rings. The minimum Gasteiger partial charge on any atom is -0.322 e. The standard InChI is InChI=1S/C19H17N5O4/c1-2-23-17(10-11-20-23)19(26)22-15-5-3-4-14(12-15)21-18(25)13-6-8-16(9-7-13)24(27)28/h3-12H,2H2,1H3,(H,21,25)(H,22,26). The fourth-order valence-electron chi connectivity index (χ4n) is 2.59. The monoisotopic (exact) mass is 379 g/mol. The molecule has 0 radical (unpaired) electrons. The van der Waals surface area contributed by atoms with Crippen molar-refractivity contribution in [1.82, 2.24) is 9.78 Å². The zero-order valence-corrected chi connectivity index (χ0v) is 15.0. The van der Waals surface area contributed by atoms with Crippen LogP contribution in [0.2, 0.25) is 0 Å². The second kappa shape index (κ2) is 8.12. The van der Waals surface area contributed by atoms with E-state index in [0.717, 1.165) is 0 Å². The number of nitrogens with one attached hydrogen (secondary N) is 2. The average molecular weight is 379 g/mol. The largest absolute Gasteiger partial charge is 0.322 e. The van der Waals surface area contributed by atoms with E-state index in [4.69, 9.17) is 0 Å². The van der Waals surface area contributed by atoms with Crippen LogP contribution in [0.15, 0.2) is 60.8 Å². The lowest BCUT2D eigenvalue weighted by Gasteiger charge is -2.09. The molecule has 0 spiro atoms. The second-order valence-electron chi connectivity index (χ2n) is 5.83. The molecule has 0 atom stereocenters. The molecule has 0 aliphatic heterocycles. The maximum absolute atomic E-state index is 12.4.